The molecule has 0 fully saturated rings. The first kappa shape index (κ1) is 18.8. The molecule has 8 heteroatoms. The number of hydrogen-bond donors (Lipinski definition) is 3. The molecule has 0 atom stereocenters. The Morgan fingerprint density at radius 3 is 2.63 bits per heavy atom. The Kier molecular flexibility index (Phi) is 5.09. The first-order valence-electron chi connectivity index (χ1n) is 8.28. The fourth-order valence-electron chi connectivity index (χ4n) is 2.99. The third-order valence-corrected chi connectivity index (χ3v) is 4.73. The van der Waals surface area contributed by atoms with E-state index in [-0.39, 0.29) is 18.0 Å². The Bertz CT molecular complexity index is 1100. The monoisotopic (exact) mass is 387 g/mol. The largest absolute Gasteiger partial charge is 0.495 e. The normalized spacial score (nSPS) is 11.4. The standard InChI is InChI=1S/C19H21N3O4S/c1-12-15(14-6-4-5-7-16(14)20-12)11-19(23)21-13-8-9-18(26-2)17(10-13)22-27(3,24)25/h4-10,20,22H,11H2,1-3H3,(H,21,23). The van der Waals surface area contributed by atoms with Crippen molar-refractivity contribution in [3.63, 3.8) is 0 Å². The van der Waals surface area contributed by atoms with Crippen LogP contribution >= 0.6 is 0 Å². The van der Waals surface area contributed by atoms with E-state index >= 15 is 0 Å². The first-order chi connectivity index (χ1) is 12.8. The van der Waals surface area contributed by atoms with Gasteiger partial charge in [0.1, 0.15) is 5.75 Å². The number of H-pyrrole nitrogens is 1. The quantitative estimate of drug-likeness (QED) is 0.605. The second-order valence-electron chi connectivity index (χ2n) is 6.29. The summed E-state index contributed by atoms with van der Waals surface area (Å²) in [6.07, 6.45) is 1.26. The maximum Gasteiger partial charge on any atom is 0.229 e. The van der Waals surface area contributed by atoms with Crippen LogP contribution in [0.4, 0.5) is 11.4 Å². The lowest BCUT2D eigenvalue weighted by Gasteiger charge is -2.12. The molecular weight excluding hydrogens is 366 g/mol. The van der Waals surface area contributed by atoms with Crippen molar-refractivity contribution in [2.24, 2.45) is 0 Å². The third-order valence-electron chi connectivity index (χ3n) is 4.14. The summed E-state index contributed by atoms with van der Waals surface area (Å²) in [6, 6.07) is 12.6. The van der Waals surface area contributed by atoms with Gasteiger partial charge in [-0.2, -0.15) is 0 Å². The molecule has 3 aromatic rings. The van der Waals surface area contributed by atoms with Gasteiger partial charge in [-0.15, -0.1) is 0 Å². The Balaban J connectivity index is 1.81. The number of aromatic nitrogens is 1. The van der Waals surface area contributed by atoms with E-state index in [1.165, 1.54) is 13.2 Å². The number of carbonyl (C=O) groups excluding carboxylic acids is 1. The zero-order chi connectivity index (χ0) is 19.6. The van der Waals surface area contributed by atoms with Gasteiger partial charge < -0.3 is 15.0 Å². The number of methoxy groups -OCH3 is 1. The molecule has 142 valence electrons. The molecule has 0 radical (unpaired) electrons. The van der Waals surface area contributed by atoms with Gasteiger partial charge in [0.25, 0.3) is 0 Å². The summed E-state index contributed by atoms with van der Waals surface area (Å²) in [5.74, 6) is 0.171. The number of amides is 1. The van der Waals surface area contributed by atoms with Gasteiger partial charge in [-0.3, -0.25) is 9.52 Å². The van der Waals surface area contributed by atoms with Crippen LogP contribution in [-0.2, 0) is 21.2 Å². The molecular formula is C19H21N3O4S. The first-order valence-corrected chi connectivity index (χ1v) is 10.2. The van der Waals surface area contributed by atoms with Crippen molar-refractivity contribution in [1.29, 1.82) is 0 Å². The predicted octanol–water partition coefficient (Wildman–Crippen LogP) is 3.04. The lowest BCUT2D eigenvalue weighted by Crippen LogP contribution is -2.15. The van der Waals surface area contributed by atoms with E-state index in [0.717, 1.165) is 28.4 Å². The Hall–Kier alpha value is -3.00. The van der Waals surface area contributed by atoms with Crippen molar-refractivity contribution in [3.05, 3.63) is 53.7 Å². The van der Waals surface area contributed by atoms with E-state index in [1.807, 2.05) is 31.2 Å². The molecule has 1 heterocycles. The van der Waals surface area contributed by atoms with Gasteiger partial charge in [0.15, 0.2) is 0 Å². The third kappa shape index (κ3) is 4.40. The molecule has 0 bridgehead atoms. The number of benzene rings is 2. The Morgan fingerprint density at radius 2 is 1.93 bits per heavy atom. The fourth-order valence-corrected chi connectivity index (χ4v) is 3.55. The van der Waals surface area contributed by atoms with E-state index in [9.17, 15) is 13.2 Å². The van der Waals surface area contributed by atoms with Gasteiger partial charge in [0, 0.05) is 22.3 Å². The number of carbonyl (C=O) groups is 1. The summed E-state index contributed by atoms with van der Waals surface area (Å²) in [4.78, 5) is 15.8. The molecule has 1 amide bonds. The minimum Gasteiger partial charge on any atom is -0.495 e. The van der Waals surface area contributed by atoms with Crippen LogP contribution in [0.1, 0.15) is 11.3 Å². The van der Waals surface area contributed by atoms with Crippen LogP contribution < -0.4 is 14.8 Å². The number of hydrogen-bond acceptors (Lipinski definition) is 4. The van der Waals surface area contributed by atoms with Crippen molar-refractivity contribution in [1.82, 2.24) is 4.98 Å². The molecule has 1 aromatic heterocycles. The smallest absolute Gasteiger partial charge is 0.229 e. The van der Waals surface area contributed by atoms with Gasteiger partial charge in [-0.05, 0) is 36.8 Å². The minimum atomic E-state index is -3.47. The summed E-state index contributed by atoms with van der Waals surface area (Å²) in [5.41, 5.74) is 3.61. The van der Waals surface area contributed by atoms with Crippen LogP contribution in [0.15, 0.2) is 42.5 Å². The summed E-state index contributed by atoms with van der Waals surface area (Å²) >= 11 is 0. The van der Waals surface area contributed by atoms with Gasteiger partial charge in [-0.25, -0.2) is 8.42 Å². The molecule has 7 nitrogen and oxygen atoms in total. The van der Waals surface area contributed by atoms with Crippen LogP contribution in [0.5, 0.6) is 5.75 Å². The van der Waals surface area contributed by atoms with Crippen molar-refractivity contribution in [2.75, 3.05) is 23.4 Å². The lowest BCUT2D eigenvalue weighted by atomic mass is 10.1. The average Bonchev–Trinajstić information content (AvgIpc) is 2.89. The molecule has 0 spiro atoms. The fraction of sp³-hybridized carbons (Fsp3) is 0.211. The molecule has 0 saturated heterocycles. The Morgan fingerprint density at radius 1 is 1.19 bits per heavy atom. The van der Waals surface area contributed by atoms with E-state index in [2.05, 4.69) is 15.0 Å². The topological polar surface area (TPSA) is 100 Å². The van der Waals surface area contributed by atoms with E-state index in [0.29, 0.717) is 11.4 Å². The highest BCUT2D eigenvalue weighted by Crippen LogP contribution is 2.29. The van der Waals surface area contributed by atoms with Gasteiger partial charge in [0.2, 0.25) is 15.9 Å². The second-order valence-corrected chi connectivity index (χ2v) is 8.04. The molecule has 0 unspecified atom stereocenters. The summed E-state index contributed by atoms with van der Waals surface area (Å²) in [5, 5.41) is 3.82. The summed E-state index contributed by atoms with van der Waals surface area (Å²) in [6.45, 7) is 1.93. The van der Waals surface area contributed by atoms with Crippen molar-refractivity contribution in [3.8, 4) is 5.75 Å². The van der Waals surface area contributed by atoms with Crippen molar-refractivity contribution < 1.29 is 17.9 Å². The van der Waals surface area contributed by atoms with Crippen LogP contribution in [0, 0.1) is 6.92 Å². The molecule has 2 aromatic carbocycles. The predicted molar refractivity (Wildman–Crippen MR) is 107 cm³/mol. The highest BCUT2D eigenvalue weighted by atomic mass is 32.2. The maximum atomic E-state index is 12.5. The SMILES string of the molecule is COc1ccc(NC(=O)Cc2c(C)[nH]c3ccccc23)cc1NS(C)(=O)=O. The number of aryl methyl sites for hydroxylation is 1. The van der Waals surface area contributed by atoms with E-state index in [4.69, 9.17) is 4.74 Å². The average molecular weight is 387 g/mol. The zero-order valence-electron chi connectivity index (χ0n) is 15.3. The molecule has 0 saturated carbocycles. The summed E-state index contributed by atoms with van der Waals surface area (Å²) < 4.78 is 30.6. The number of sulfonamides is 1. The molecule has 3 rings (SSSR count). The number of aromatic amines is 1. The van der Waals surface area contributed by atoms with Crippen molar-refractivity contribution in [2.45, 2.75) is 13.3 Å². The number of fused-ring (bicyclic) bond motifs is 1. The Labute approximate surface area is 157 Å². The van der Waals surface area contributed by atoms with Crippen LogP contribution in [0.25, 0.3) is 10.9 Å². The zero-order valence-corrected chi connectivity index (χ0v) is 16.1. The van der Waals surface area contributed by atoms with Crippen molar-refractivity contribution >= 4 is 38.2 Å². The molecule has 0 aliphatic carbocycles. The molecule has 27 heavy (non-hydrogen) atoms. The molecule has 0 aliphatic rings. The van der Waals surface area contributed by atoms with Crippen LogP contribution in [-0.4, -0.2) is 32.7 Å². The van der Waals surface area contributed by atoms with Gasteiger partial charge in [0.05, 0.1) is 25.5 Å². The van der Waals surface area contributed by atoms with E-state index in [1.54, 1.807) is 12.1 Å². The number of ether oxygens (including phenoxy) is 1. The number of anilines is 2. The highest BCUT2D eigenvalue weighted by molar-refractivity contribution is 7.92. The summed E-state index contributed by atoms with van der Waals surface area (Å²) in [7, 11) is -2.03. The number of rotatable bonds is 6. The minimum absolute atomic E-state index is 0.196. The van der Waals surface area contributed by atoms with Gasteiger partial charge >= 0.3 is 0 Å². The number of nitrogens with one attached hydrogen (secondary N) is 3. The van der Waals surface area contributed by atoms with E-state index < -0.39 is 10.0 Å². The highest BCUT2D eigenvalue weighted by Gasteiger charge is 2.14. The molecule has 0 aliphatic heterocycles. The lowest BCUT2D eigenvalue weighted by molar-refractivity contribution is -0.115. The van der Waals surface area contributed by atoms with Crippen LogP contribution in [0.3, 0.4) is 0 Å². The maximum absolute atomic E-state index is 12.5. The van der Waals surface area contributed by atoms with Gasteiger partial charge in [-0.1, -0.05) is 18.2 Å². The van der Waals surface area contributed by atoms with Crippen LogP contribution in [0.2, 0.25) is 0 Å². The molecule has 3 N–H and O–H groups in total. The second kappa shape index (κ2) is 7.32. The number of para-hydroxylation sites is 1.